The number of carbonyl (C=O) groups excluding carboxylic acids is 2. The van der Waals surface area contributed by atoms with Crippen molar-refractivity contribution in [3.63, 3.8) is 0 Å². The molecule has 3 aromatic carbocycles. The lowest BCUT2D eigenvalue weighted by Crippen LogP contribution is -2.45. The molecular weight excluding hydrogens is 514 g/mol. The maximum absolute atomic E-state index is 14.5. The number of nitrogens with zero attached hydrogens (tertiary/aromatic N) is 2. The summed E-state index contributed by atoms with van der Waals surface area (Å²) >= 11 is 6.44. The highest BCUT2D eigenvalue weighted by Gasteiger charge is 2.45. The van der Waals surface area contributed by atoms with E-state index in [1.54, 1.807) is 67.7 Å². The van der Waals surface area contributed by atoms with Crippen molar-refractivity contribution < 1.29 is 19.1 Å². The molecular formula is C31H26ClN3O4. The molecule has 4 aromatic rings. The Hall–Kier alpha value is -4.67. The molecule has 0 aliphatic carbocycles. The number of aromatic nitrogens is 1. The molecule has 0 spiro atoms. The van der Waals surface area contributed by atoms with Crippen molar-refractivity contribution in [3.05, 3.63) is 124 Å². The summed E-state index contributed by atoms with van der Waals surface area (Å²) < 4.78 is 10.5. The number of esters is 1. The lowest BCUT2D eigenvalue weighted by molar-refractivity contribution is -0.120. The van der Waals surface area contributed by atoms with Gasteiger partial charge in [0.15, 0.2) is 0 Å². The van der Waals surface area contributed by atoms with Crippen molar-refractivity contribution >= 4 is 29.2 Å². The van der Waals surface area contributed by atoms with Crippen LogP contribution < -0.4 is 10.1 Å². The van der Waals surface area contributed by atoms with Crippen molar-refractivity contribution in [1.82, 2.24) is 4.98 Å². The SMILES string of the molecule is CCOC(=O)c1ccc(NC(=O)C(Cc2ccccc2)(c2cc(OC)ccn2)c2cc(Cl)ccc2C#N)cc1. The molecule has 1 atom stereocenters. The fraction of sp³-hybridized carbons (Fsp3) is 0.161. The second-order valence-corrected chi connectivity index (χ2v) is 9.14. The summed E-state index contributed by atoms with van der Waals surface area (Å²) in [6, 6.07) is 26.3. The van der Waals surface area contributed by atoms with E-state index < -0.39 is 17.3 Å². The lowest BCUT2D eigenvalue weighted by atomic mass is 9.70. The molecule has 0 aliphatic heterocycles. The molecule has 0 saturated heterocycles. The van der Waals surface area contributed by atoms with Gasteiger partial charge in [-0.3, -0.25) is 9.78 Å². The second kappa shape index (κ2) is 12.2. The number of halogens is 1. The van der Waals surface area contributed by atoms with Crippen molar-refractivity contribution in [3.8, 4) is 11.8 Å². The van der Waals surface area contributed by atoms with E-state index in [9.17, 15) is 14.9 Å². The van der Waals surface area contributed by atoms with Crippen LogP contribution in [0.4, 0.5) is 5.69 Å². The van der Waals surface area contributed by atoms with Crippen molar-refractivity contribution in [2.75, 3.05) is 19.0 Å². The van der Waals surface area contributed by atoms with Crippen molar-refractivity contribution in [2.24, 2.45) is 0 Å². The number of anilines is 1. The van der Waals surface area contributed by atoms with Gasteiger partial charge in [0.2, 0.25) is 5.91 Å². The molecule has 1 amide bonds. The Morgan fingerprint density at radius 1 is 1.03 bits per heavy atom. The van der Waals surface area contributed by atoms with Gasteiger partial charge < -0.3 is 14.8 Å². The quantitative estimate of drug-likeness (QED) is 0.263. The van der Waals surface area contributed by atoms with Gasteiger partial charge in [0.1, 0.15) is 11.2 Å². The highest BCUT2D eigenvalue weighted by atomic mass is 35.5. The van der Waals surface area contributed by atoms with Crippen LogP contribution in [0.5, 0.6) is 5.75 Å². The van der Waals surface area contributed by atoms with Gasteiger partial charge in [0.05, 0.1) is 36.6 Å². The van der Waals surface area contributed by atoms with Gasteiger partial charge in [-0.15, -0.1) is 0 Å². The minimum atomic E-state index is -1.48. The third kappa shape index (κ3) is 5.92. The number of ether oxygens (including phenoxy) is 2. The zero-order valence-corrected chi connectivity index (χ0v) is 22.2. The summed E-state index contributed by atoms with van der Waals surface area (Å²) in [6.45, 7) is 1.99. The smallest absolute Gasteiger partial charge is 0.338 e. The first kappa shape index (κ1) is 27.4. The molecule has 0 saturated carbocycles. The average Bonchev–Trinajstić information content (AvgIpc) is 2.97. The van der Waals surface area contributed by atoms with E-state index >= 15 is 0 Å². The number of pyridine rings is 1. The topological polar surface area (TPSA) is 101 Å². The van der Waals surface area contributed by atoms with Crippen LogP contribution in [0.3, 0.4) is 0 Å². The van der Waals surface area contributed by atoms with Gasteiger partial charge in [-0.1, -0.05) is 41.9 Å². The molecule has 39 heavy (non-hydrogen) atoms. The Morgan fingerprint density at radius 3 is 2.44 bits per heavy atom. The number of methoxy groups -OCH3 is 1. The number of hydrogen-bond acceptors (Lipinski definition) is 6. The first-order valence-electron chi connectivity index (χ1n) is 12.2. The highest BCUT2D eigenvalue weighted by molar-refractivity contribution is 6.30. The van der Waals surface area contributed by atoms with Crippen LogP contribution in [0.1, 0.15) is 39.7 Å². The van der Waals surface area contributed by atoms with E-state index in [4.69, 9.17) is 21.1 Å². The summed E-state index contributed by atoms with van der Waals surface area (Å²) in [5, 5.41) is 13.4. The number of rotatable bonds is 9. The molecule has 196 valence electrons. The van der Waals surface area contributed by atoms with Crippen molar-refractivity contribution in [2.45, 2.75) is 18.8 Å². The molecule has 4 rings (SSSR count). The maximum atomic E-state index is 14.5. The Labute approximate surface area is 232 Å². The van der Waals surface area contributed by atoms with Crippen LogP contribution in [0.15, 0.2) is 91.1 Å². The molecule has 1 N–H and O–H groups in total. The molecule has 0 radical (unpaired) electrons. The number of nitriles is 1. The first-order chi connectivity index (χ1) is 18.9. The summed E-state index contributed by atoms with van der Waals surface area (Å²) in [6.07, 6.45) is 1.74. The molecule has 7 nitrogen and oxygen atoms in total. The number of benzene rings is 3. The minimum Gasteiger partial charge on any atom is -0.497 e. The standard InChI is InChI=1S/C31H26ClN3O4/c1-3-39-29(36)22-10-13-25(14-11-22)35-30(37)31(19-21-7-5-4-6-8-21,28-18-26(38-2)15-16-34-28)27-17-24(32)12-9-23(27)20-33/h4-18H,3,19H2,1-2H3,(H,35,37). The van der Waals surface area contributed by atoms with E-state index in [2.05, 4.69) is 16.4 Å². The predicted molar refractivity (Wildman–Crippen MR) is 149 cm³/mol. The minimum absolute atomic E-state index is 0.176. The van der Waals surface area contributed by atoms with E-state index in [-0.39, 0.29) is 18.6 Å². The summed E-state index contributed by atoms with van der Waals surface area (Å²) in [5.74, 6) is -0.383. The summed E-state index contributed by atoms with van der Waals surface area (Å²) in [4.78, 5) is 31.2. The van der Waals surface area contributed by atoms with E-state index in [0.717, 1.165) is 5.56 Å². The van der Waals surface area contributed by atoms with Crippen LogP contribution in [0.25, 0.3) is 0 Å². The van der Waals surface area contributed by atoms with Gasteiger partial charge in [-0.2, -0.15) is 5.26 Å². The molecule has 1 unspecified atom stereocenters. The Balaban J connectivity index is 1.92. The van der Waals surface area contributed by atoms with Gasteiger partial charge in [0.25, 0.3) is 0 Å². The van der Waals surface area contributed by atoms with Crippen LogP contribution >= 0.6 is 11.6 Å². The van der Waals surface area contributed by atoms with E-state index in [0.29, 0.717) is 33.3 Å². The fourth-order valence-electron chi connectivity index (χ4n) is 4.43. The van der Waals surface area contributed by atoms with Gasteiger partial charge in [-0.25, -0.2) is 4.79 Å². The Bertz CT molecular complexity index is 1520. The average molecular weight is 540 g/mol. The number of hydrogen-bond donors (Lipinski definition) is 1. The Morgan fingerprint density at radius 2 is 1.77 bits per heavy atom. The fourth-order valence-corrected chi connectivity index (χ4v) is 4.60. The summed E-state index contributed by atoms with van der Waals surface area (Å²) in [5.41, 5.74) is 1.25. The van der Waals surface area contributed by atoms with Crippen molar-refractivity contribution in [1.29, 1.82) is 5.26 Å². The normalized spacial score (nSPS) is 12.1. The number of carbonyl (C=O) groups is 2. The number of nitrogens with one attached hydrogen (secondary N) is 1. The van der Waals surface area contributed by atoms with E-state index in [1.807, 2.05) is 30.3 Å². The summed E-state index contributed by atoms with van der Waals surface area (Å²) in [7, 11) is 1.53. The van der Waals surface area contributed by atoms with Crippen LogP contribution in [0.2, 0.25) is 5.02 Å². The van der Waals surface area contributed by atoms with Crippen LogP contribution in [0, 0.1) is 11.3 Å². The van der Waals surface area contributed by atoms with Crippen LogP contribution in [-0.2, 0) is 21.4 Å². The largest absolute Gasteiger partial charge is 0.497 e. The van der Waals surface area contributed by atoms with Crippen LogP contribution in [-0.4, -0.2) is 30.6 Å². The Kier molecular flexibility index (Phi) is 8.60. The lowest BCUT2D eigenvalue weighted by Gasteiger charge is -2.34. The van der Waals surface area contributed by atoms with Gasteiger partial charge in [0, 0.05) is 23.0 Å². The maximum Gasteiger partial charge on any atom is 0.338 e. The second-order valence-electron chi connectivity index (χ2n) is 8.70. The predicted octanol–water partition coefficient (Wildman–Crippen LogP) is 5.96. The number of amides is 1. The van der Waals surface area contributed by atoms with Gasteiger partial charge in [-0.05, 0) is 73.0 Å². The zero-order chi connectivity index (χ0) is 27.8. The molecule has 0 fully saturated rings. The molecule has 8 heteroatoms. The monoisotopic (exact) mass is 539 g/mol. The highest BCUT2D eigenvalue weighted by Crippen LogP contribution is 2.40. The first-order valence-corrected chi connectivity index (χ1v) is 12.6. The van der Waals surface area contributed by atoms with Gasteiger partial charge >= 0.3 is 5.97 Å². The molecule has 1 heterocycles. The van der Waals surface area contributed by atoms with E-state index in [1.165, 1.54) is 7.11 Å². The molecule has 0 bridgehead atoms. The molecule has 0 aliphatic rings. The third-order valence-corrected chi connectivity index (χ3v) is 6.55. The zero-order valence-electron chi connectivity index (χ0n) is 21.5. The third-order valence-electron chi connectivity index (χ3n) is 6.32. The molecule has 1 aromatic heterocycles.